The zero-order valence-corrected chi connectivity index (χ0v) is 32.7. The lowest BCUT2D eigenvalue weighted by molar-refractivity contribution is 0.314. The second-order valence-corrected chi connectivity index (χ2v) is 15.9. The summed E-state index contributed by atoms with van der Waals surface area (Å²) < 4.78 is 11.4. The van der Waals surface area contributed by atoms with Gasteiger partial charge in [0.05, 0.1) is 34.3 Å². The first-order valence-electron chi connectivity index (χ1n) is 20.8. The molecular weight excluding hydrogens is 731 g/mol. The van der Waals surface area contributed by atoms with Crippen molar-refractivity contribution in [2.24, 2.45) is 0 Å². The SMILES string of the molecule is c1ccc(N2CCOc3cc4c(cc32)-c2cc(-n3c5ccccc5c5ccccc53)ccc2-c2ccc(-n3c5ccccc5c5ccccc53)cc2-c2ccccc2-4)cc1. The summed E-state index contributed by atoms with van der Waals surface area (Å²) in [5.74, 6) is 0.901. The van der Waals surface area contributed by atoms with Crippen LogP contribution in [0.2, 0.25) is 0 Å². The van der Waals surface area contributed by atoms with E-state index >= 15 is 0 Å². The molecule has 60 heavy (non-hydrogen) atoms. The number of aromatic nitrogens is 2. The van der Waals surface area contributed by atoms with Crippen molar-refractivity contribution < 1.29 is 4.74 Å². The van der Waals surface area contributed by atoms with Gasteiger partial charge in [-0.2, -0.15) is 0 Å². The van der Waals surface area contributed by atoms with Crippen LogP contribution >= 0.6 is 0 Å². The third kappa shape index (κ3) is 4.79. The molecule has 0 bridgehead atoms. The summed E-state index contributed by atoms with van der Waals surface area (Å²) in [6.45, 7) is 1.39. The van der Waals surface area contributed by atoms with Crippen LogP contribution in [0, 0.1) is 0 Å². The molecule has 0 N–H and O–H groups in total. The first kappa shape index (κ1) is 33.2. The van der Waals surface area contributed by atoms with Crippen molar-refractivity contribution in [2.45, 2.75) is 0 Å². The van der Waals surface area contributed by atoms with Gasteiger partial charge < -0.3 is 18.8 Å². The molecule has 2 aromatic heterocycles. The van der Waals surface area contributed by atoms with Gasteiger partial charge in [-0.25, -0.2) is 0 Å². The molecule has 0 saturated heterocycles. The van der Waals surface area contributed by atoms with Crippen molar-refractivity contribution in [3.63, 3.8) is 0 Å². The van der Waals surface area contributed by atoms with E-state index in [1.165, 1.54) is 82.6 Å². The van der Waals surface area contributed by atoms with E-state index < -0.39 is 0 Å². The van der Waals surface area contributed by atoms with Gasteiger partial charge in [0.1, 0.15) is 12.4 Å². The van der Waals surface area contributed by atoms with Gasteiger partial charge in [-0.05, 0) is 117 Å². The Hall–Kier alpha value is -7.82. The topological polar surface area (TPSA) is 22.3 Å². The number of ether oxygens (including phenoxy) is 1. The molecule has 0 saturated carbocycles. The molecule has 0 spiro atoms. The molecule has 13 rings (SSSR count). The summed E-state index contributed by atoms with van der Waals surface area (Å²) in [6.07, 6.45) is 0. The fraction of sp³-hybridized carbons (Fsp3) is 0.0357. The maximum atomic E-state index is 6.57. The highest BCUT2D eigenvalue weighted by molar-refractivity contribution is 6.11. The highest BCUT2D eigenvalue weighted by atomic mass is 16.5. The number of anilines is 2. The van der Waals surface area contributed by atoms with E-state index in [2.05, 4.69) is 214 Å². The minimum Gasteiger partial charge on any atom is -0.490 e. The fourth-order valence-corrected chi connectivity index (χ4v) is 10.2. The summed E-state index contributed by atoms with van der Waals surface area (Å²) in [4.78, 5) is 2.41. The quantitative estimate of drug-likeness (QED) is 0.179. The van der Waals surface area contributed by atoms with E-state index in [0.717, 1.165) is 40.6 Å². The second kappa shape index (κ2) is 12.8. The summed E-state index contributed by atoms with van der Waals surface area (Å²) in [5.41, 5.74) is 18.8. The maximum absolute atomic E-state index is 6.57. The van der Waals surface area contributed by atoms with Crippen molar-refractivity contribution in [3.8, 4) is 61.6 Å². The summed E-state index contributed by atoms with van der Waals surface area (Å²) in [6, 6.07) is 73.6. The number of hydrogen-bond acceptors (Lipinski definition) is 2. The number of rotatable bonds is 3. The van der Waals surface area contributed by atoms with Gasteiger partial charge in [-0.15, -0.1) is 0 Å². The smallest absolute Gasteiger partial charge is 0.143 e. The molecule has 3 heterocycles. The van der Waals surface area contributed by atoms with Crippen LogP contribution in [0.4, 0.5) is 11.4 Å². The molecule has 282 valence electrons. The number of hydrogen-bond donors (Lipinski definition) is 0. The summed E-state index contributed by atoms with van der Waals surface area (Å²) >= 11 is 0. The van der Waals surface area contributed by atoms with E-state index in [4.69, 9.17) is 4.74 Å². The van der Waals surface area contributed by atoms with Crippen LogP contribution in [0.15, 0.2) is 200 Å². The molecule has 4 nitrogen and oxygen atoms in total. The minimum absolute atomic E-state index is 0.613. The van der Waals surface area contributed by atoms with Crippen molar-refractivity contribution in [2.75, 3.05) is 18.1 Å². The van der Waals surface area contributed by atoms with Crippen LogP contribution in [0.1, 0.15) is 0 Å². The average molecular weight is 768 g/mol. The van der Waals surface area contributed by atoms with Crippen LogP contribution in [-0.2, 0) is 0 Å². The average Bonchev–Trinajstić information content (AvgIpc) is 3.84. The van der Waals surface area contributed by atoms with Gasteiger partial charge in [0, 0.05) is 38.6 Å². The summed E-state index contributed by atoms with van der Waals surface area (Å²) in [7, 11) is 0. The predicted molar refractivity (Wildman–Crippen MR) is 249 cm³/mol. The van der Waals surface area contributed by atoms with Gasteiger partial charge in [0.25, 0.3) is 0 Å². The van der Waals surface area contributed by atoms with E-state index in [1.54, 1.807) is 0 Å². The largest absolute Gasteiger partial charge is 0.490 e. The monoisotopic (exact) mass is 767 g/mol. The van der Waals surface area contributed by atoms with E-state index in [9.17, 15) is 0 Å². The van der Waals surface area contributed by atoms with Crippen LogP contribution in [-0.4, -0.2) is 22.3 Å². The zero-order chi connectivity index (χ0) is 39.3. The molecule has 1 aliphatic carbocycles. The first-order valence-corrected chi connectivity index (χ1v) is 20.8. The van der Waals surface area contributed by atoms with Crippen LogP contribution in [0.3, 0.4) is 0 Å². The Balaban J connectivity index is 1.12. The second-order valence-electron chi connectivity index (χ2n) is 15.9. The Morgan fingerprint density at radius 1 is 0.317 bits per heavy atom. The number of nitrogens with zero attached hydrogens (tertiary/aromatic N) is 3. The number of para-hydroxylation sites is 5. The number of fused-ring (bicyclic) bond motifs is 15. The maximum Gasteiger partial charge on any atom is 0.143 e. The Labute approximate surface area is 347 Å². The Morgan fingerprint density at radius 3 is 1.23 bits per heavy atom. The standard InChI is InChI=1S/C56H37N3O/c1-2-14-36(15-3-1)57-30-31-60-56-35-50-40-17-5-4-16-39(40)47-32-37(58-51-22-10-6-18-43(51)44-19-7-11-23-52(44)58)26-28-41(47)42-29-27-38(33-48(42)49(50)34-55(56)57)59-53-24-12-8-20-45(53)46-21-9-13-25-54(46)59/h1-29,32-35H,30-31H2. The molecule has 0 fully saturated rings. The molecule has 0 unspecified atom stereocenters. The minimum atomic E-state index is 0.613. The molecule has 11 aromatic rings. The van der Waals surface area contributed by atoms with Crippen molar-refractivity contribution in [1.29, 1.82) is 0 Å². The molecule has 9 aromatic carbocycles. The van der Waals surface area contributed by atoms with Crippen molar-refractivity contribution >= 4 is 55.0 Å². The molecule has 0 amide bonds. The predicted octanol–water partition coefficient (Wildman–Crippen LogP) is 14.4. The Kier molecular flexibility index (Phi) is 7.10. The Bertz CT molecular complexity index is 3430. The van der Waals surface area contributed by atoms with Gasteiger partial charge in [-0.3, -0.25) is 0 Å². The van der Waals surface area contributed by atoms with E-state index in [0.29, 0.717) is 6.61 Å². The highest BCUT2D eigenvalue weighted by Crippen LogP contribution is 2.53. The van der Waals surface area contributed by atoms with E-state index in [-0.39, 0.29) is 0 Å². The molecule has 1 aliphatic heterocycles. The molecule has 0 radical (unpaired) electrons. The fourth-order valence-electron chi connectivity index (χ4n) is 10.2. The molecule has 0 atom stereocenters. The van der Waals surface area contributed by atoms with Crippen LogP contribution < -0.4 is 9.64 Å². The number of benzene rings is 9. The normalized spacial score (nSPS) is 13.0. The van der Waals surface area contributed by atoms with Crippen molar-refractivity contribution in [3.05, 3.63) is 200 Å². The third-order valence-electron chi connectivity index (χ3n) is 12.8. The van der Waals surface area contributed by atoms with Gasteiger partial charge in [0.15, 0.2) is 0 Å². The van der Waals surface area contributed by atoms with Gasteiger partial charge in [0.2, 0.25) is 0 Å². The molecule has 2 aliphatic rings. The van der Waals surface area contributed by atoms with Gasteiger partial charge >= 0.3 is 0 Å². The molecule has 4 heteroatoms. The highest BCUT2D eigenvalue weighted by Gasteiger charge is 2.29. The Morgan fingerprint density at radius 2 is 0.717 bits per heavy atom. The van der Waals surface area contributed by atoms with E-state index in [1.807, 2.05) is 0 Å². The third-order valence-corrected chi connectivity index (χ3v) is 12.8. The van der Waals surface area contributed by atoms with Crippen LogP contribution in [0.25, 0.3) is 99.5 Å². The first-order chi connectivity index (χ1) is 29.8. The lowest BCUT2D eigenvalue weighted by Crippen LogP contribution is -2.28. The lowest BCUT2D eigenvalue weighted by Gasteiger charge is -2.33. The molecular formula is C56H37N3O. The van der Waals surface area contributed by atoms with Crippen molar-refractivity contribution in [1.82, 2.24) is 9.13 Å². The summed E-state index contributed by atoms with van der Waals surface area (Å²) in [5, 5.41) is 5.02. The zero-order valence-electron chi connectivity index (χ0n) is 32.7. The lowest BCUT2D eigenvalue weighted by atomic mass is 9.80. The van der Waals surface area contributed by atoms with Crippen LogP contribution in [0.5, 0.6) is 5.75 Å². The van der Waals surface area contributed by atoms with Gasteiger partial charge in [-0.1, -0.05) is 127 Å².